The van der Waals surface area contributed by atoms with E-state index < -0.39 is 0 Å². The summed E-state index contributed by atoms with van der Waals surface area (Å²) in [5.41, 5.74) is 8.70. The van der Waals surface area contributed by atoms with Crippen LogP contribution >= 0.6 is 0 Å². The summed E-state index contributed by atoms with van der Waals surface area (Å²) in [4.78, 5) is 15.4. The normalized spacial score (nSPS) is 24.7. The predicted octanol–water partition coefficient (Wildman–Crippen LogP) is 2.62. The van der Waals surface area contributed by atoms with E-state index in [1.165, 1.54) is 0 Å². The van der Waals surface area contributed by atoms with Crippen LogP contribution in [0.1, 0.15) is 20.3 Å². The molecule has 30 heavy (non-hydrogen) atoms. The number of anilines is 3. The summed E-state index contributed by atoms with van der Waals surface area (Å²) in [6.07, 6.45) is 4.63. The molecule has 162 valence electrons. The molecule has 8 heteroatoms. The zero-order chi connectivity index (χ0) is 21.4. The van der Waals surface area contributed by atoms with Gasteiger partial charge in [0.25, 0.3) is 0 Å². The molecule has 0 saturated carbocycles. The lowest BCUT2D eigenvalue weighted by Gasteiger charge is -2.35. The van der Waals surface area contributed by atoms with Crippen molar-refractivity contribution in [2.45, 2.75) is 38.5 Å². The van der Waals surface area contributed by atoms with Gasteiger partial charge in [-0.25, -0.2) is 14.4 Å². The van der Waals surface area contributed by atoms with Gasteiger partial charge >= 0.3 is 0 Å². The molecule has 3 atom stereocenters. The molecular formula is C22H31FN6O. The monoisotopic (exact) mass is 414 g/mol. The quantitative estimate of drug-likeness (QED) is 0.771. The molecule has 3 heterocycles. The van der Waals surface area contributed by atoms with Gasteiger partial charge in [0, 0.05) is 55.7 Å². The smallest absolute Gasteiger partial charge is 0.225 e. The SMILES string of the molecule is C[C@@H]1CN(c2ncc(-c3cc(N)c(N4CC[C@@H](N(C)C)C4)cc3F)cn2)C[C@H](C)O1. The van der Waals surface area contributed by atoms with Crippen LogP contribution in [0.25, 0.3) is 11.1 Å². The number of benzene rings is 1. The highest BCUT2D eigenvalue weighted by Crippen LogP contribution is 2.34. The zero-order valence-electron chi connectivity index (χ0n) is 18.2. The molecule has 0 spiro atoms. The van der Waals surface area contributed by atoms with E-state index in [2.05, 4.69) is 38.8 Å². The number of hydrogen-bond acceptors (Lipinski definition) is 7. The number of aromatic nitrogens is 2. The molecule has 2 saturated heterocycles. The first-order valence-corrected chi connectivity index (χ1v) is 10.5. The number of nitrogens with zero attached hydrogens (tertiary/aromatic N) is 5. The molecule has 4 rings (SSSR count). The number of hydrogen-bond donors (Lipinski definition) is 1. The lowest BCUT2D eigenvalue weighted by molar-refractivity contribution is -0.00571. The van der Waals surface area contributed by atoms with Gasteiger partial charge in [-0.1, -0.05) is 0 Å². The minimum Gasteiger partial charge on any atom is -0.397 e. The van der Waals surface area contributed by atoms with Crippen LogP contribution in [0.15, 0.2) is 24.5 Å². The van der Waals surface area contributed by atoms with Gasteiger partial charge < -0.3 is 25.2 Å². The lowest BCUT2D eigenvalue weighted by atomic mass is 10.1. The maximum Gasteiger partial charge on any atom is 0.225 e. The van der Waals surface area contributed by atoms with Crippen molar-refractivity contribution in [3.8, 4) is 11.1 Å². The van der Waals surface area contributed by atoms with Gasteiger partial charge in [0.05, 0.1) is 23.6 Å². The number of nitrogen functional groups attached to an aromatic ring is 1. The van der Waals surface area contributed by atoms with Crippen molar-refractivity contribution in [2.75, 3.05) is 55.8 Å². The summed E-state index contributed by atoms with van der Waals surface area (Å²) in [5, 5.41) is 0. The second-order valence-corrected chi connectivity index (χ2v) is 8.68. The van der Waals surface area contributed by atoms with Gasteiger partial charge in [0.2, 0.25) is 5.95 Å². The van der Waals surface area contributed by atoms with E-state index in [9.17, 15) is 0 Å². The molecule has 0 aliphatic carbocycles. The maximum atomic E-state index is 15.0. The fraction of sp³-hybridized carbons (Fsp3) is 0.545. The fourth-order valence-electron chi connectivity index (χ4n) is 4.42. The molecule has 2 aliphatic heterocycles. The molecule has 0 bridgehead atoms. The summed E-state index contributed by atoms with van der Waals surface area (Å²) in [6, 6.07) is 3.70. The second kappa shape index (κ2) is 8.35. The number of likely N-dealkylation sites (N-methyl/N-ethyl adjacent to an activating group) is 1. The van der Waals surface area contributed by atoms with Crippen molar-refractivity contribution in [2.24, 2.45) is 0 Å². The third-order valence-corrected chi connectivity index (χ3v) is 6.00. The number of rotatable bonds is 4. The highest BCUT2D eigenvalue weighted by molar-refractivity contribution is 5.77. The largest absolute Gasteiger partial charge is 0.397 e. The fourth-order valence-corrected chi connectivity index (χ4v) is 4.42. The van der Waals surface area contributed by atoms with Crippen LogP contribution < -0.4 is 15.5 Å². The number of nitrogens with two attached hydrogens (primary N) is 1. The van der Waals surface area contributed by atoms with Crippen molar-refractivity contribution in [1.29, 1.82) is 0 Å². The van der Waals surface area contributed by atoms with E-state index in [-0.39, 0.29) is 18.0 Å². The number of ether oxygens (including phenoxy) is 1. The average molecular weight is 415 g/mol. The van der Waals surface area contributed by atoms with Gasteiger partial charge in [-0.2, -0.15) is 0 Å². The first-order valence-electron chi connectivity index (χ1n) is 10.5. The molecular weight excluding hydrogens is 383 g/mol. The van der Waals surface area contributed by atoms with Gasteiger partial charge in [0.1, 0.15) is 5.82 Å². The molecule has 2 N–H and O–H groups in total. The summed E-state index contributed by atoms with van der Waals surface area (Å²) < 4.78 is 20.8. The summed E-state index contributed by atoms with van der Waals surface area (Å²) in [7, 11) is 4.15. The van der Waals surface area contributed by atoms with Crippen molar-refractivity contribution in [1.82, 2.24) is 14.9 Å². The average Bonchev–Trinajstić information content (AvgIpc) is 3.19. The van der Waals surface area contributed by atoms with Crippen molar-refractivity contribution in [3.63, 3.8) is 0 Å². The second-order valence-electron chi connectivity index (χ2n) is 8.68. The Labute approximate surface area is 177 Å². The first-order chi connectivity index (χ1) is 14.3. The Hall–Kier alpha value is -2.45. The van der Waals surface area contributed by atoms with Crippen LogP contribution in [0, 0.1) is 5.82 Å². The van der Waals surface area contributed by atoms with Crippen LogP contribution in [0.3, 0.4) is 0 Å². The van der Waals surface area contributed by atoms with E-state index in [1.807, 2.05) is 13.8 Å². The predicted molar refractivity (Wildman–Crippen MR) is 118 cm³/mol. The van der Waals surface area contributed by atoms with Crippen LogP contribution in [0.5, 0.6) is 0 Å². The minimum absolute atomic E-state index is 0.125. The maximum absolute atomic E-state index is 15.0. The summed E-state index contributed by atoms with van der Waals surface area (Å²) >= 11 is 0. The van der Waals surface area contributed by atoms with E-state index in [1.54, 1.807) is 24.5 Å². The zero-order valence-corrected chi connectivity index (χ0v) is 18.2. The molecule has 0 radical (unpaired) electrons. The van der Waals surface area contributed by atoms with Crippen molar-refractivity contribution in [3.05, 3.63) is 30.3 Å². The number of halogens is 1. The molecule has 0 amide bonds. The summed E-state index contributed by atoms with van der Waals surface area (Å²) in [6.45, 7) is 7.28. The van der Waals surface area contributed by atoms with E-state index >= 15 is 4.39 Å². The van der Waals surface area contributed by atoms with E-state index in [4.69, 9.17) is 10.5 Å². The minimum atomic E-state index is -0.308. The molecule has 2 aliphatic rings. The highest BCUT2D eigenvalue weighted by atomic mass is 19.1. The Balaban J connectivity index is 1.54. The standard InChI is InChI=1S/C22H31FN6O/c1-14-11-29(12-15(2)30-14)22-25-9-16(10-26-22)18-7-20(24)21(8-19(18)23)28-6-5-17(13-28)27(3)4/h7-10,14-15,17H,5-6,11-13,24H2,1-4H3/t14-,15+,17-/m1/s1. The topological polar surface area (TPSA) is 70.8 Å². The number of morpholine rings is 1. The first kappa shape index (κ1) is 20.8. The van der Waals surface area contributed by atoms with E-state index in [0.717, 1.165) is 38.3 Å². The Bertz CT molecular complexity index is 880. The Kier molecular flexibility index (Phi) is 5.79. The molecule has 1 aromatic heterocycles. The van der Waals surface area contributed by atoms with Gasteiger partial charge in [0.15, 0.2) is 0 Å². The Morgan fingerprint density at radius 1 is 1.07 bits per heavy atom. The van der Waals surface area contributed by atoms with Crippen LogP contribution in [-0.4, -0.2) is 73.4 Å². The van der Waals surface area contributed by atoms with Gasteiger partial charge in [-0.3, -0.25) is 0 Å². The molecule has 7 nitrogen and oxygen atoms in total. The van der Waals surface area contributed by atoms with Crippen molar-refractivity contribution >= 4 is 17.3 Å². The summed E-state index contributed by atoms with van der Waals surface area (Å²) in [5.74, 6) is 0.329. The van der Waals surface area contributed by atoms with Crippen LogP contribution in [-0.2, 0) is 4.74 Å². The Morgan fingerprint density at radius 2 is 1.73 bits per heavy atom. The van der Waals surface area contributed by atoms with Gasteiger partial charge in [-0.05, 0) is 46.5 Å². The van der Waals surface area contributed by atoms with Crippen LogP contribution in [0.2, 0.25) is 0 Å². The highest BCUT2D eigenvalue weighted by Gasteiger charge is 2.27. The molecule has 2 fully saturated rings. The molecule has 0 unspecified atom stereocenters. The van der Waals surface area contributed by atoms with Crippen LogP contribution in [0.4, 0.5) is 21.7 Å². The molecule has 1 aromatic carbocycles. The van der Waals surface area contributed by atoms with E-state index in [0.29, 0.717) is 28.8 Å². The van der Waals surface area contributed by atoms with Crippen molar-refractivity contribution < 1.29 is 9.13 Å². The van der Waals surface area contributed by atoms with Gasteiger partial charge in [-0.15, -0.1) is 0 Å². The third-order valence-electron chi connectivity index (χ3n) is 6.00. The Morgan fingerprint density at radius 3 is 2.33 bits per heavy atom. The molecule has 2 aromatic rings. The third kappa shape index (κ3) is 4.20. The lowest BCUT2D eigenvalue weighted by Crippen LogP contribution is -2.46.